The van der Waals surface area contributed by atoms with Gasteiger partial charge in [0.2, 0.25) is 0 Å². The van der Waals surface area contributed by atoms with Crippen molar-refractivity contribution in [2.45, 2.75) is 45.4 Å². The van der Waals surface area contributed by atoms with Gasteiger partial charge in [-0.15, -0.1) is 0 Å². The number of carbonyl (C=O) groups is 1. The van der Waals surface area contributed by atoms with Crippen LogP contribution in [0.2, 0.25) is 0 Å². The monoisotopic (exact) mass is 327 g/mol. The van der Waals surface area contributed by atoms with Crippen LogP contribution in [-0.4, -0.2) is 97.9 Å². The molecule has 2 rings (SSSR count). The molecule has 0 spiro atoms. The maximum Gasteiger partial charge on any atom is 0.254 e. The Labute approximate surface area is 140 Å². The maximum atomic E-state index is 12.4. The summed E-state index contributed by atoms with van der Waals surface area (Å²) in [5, 5.41) is 0. The van der Waals surface area contributed by atoms with Crippen LogP contribution in [0.4, 0.5) is 0 Å². The second-order valence-electron chi connectivity index (χ2n) is 7.39. The molecule has 0 radical (unpaired) electrons. The van der Waals surface area contributed by atoms with Crippen LogP contribution in [0, 0.1) is 0 Å². The number of piperazine rings is 1. The highest BCUT2D eigenvalue weighted by molar-refractivity contribution is 5.84. The molecule has 0 aliphatic carbocycles. The molecule has 2 fully saturated rings. The smallest absolute Gasteiger partial charge is 0.254 e. The zero-order valence-corrected chi connectivity index (χ0v) is 15.4. The van der Waals surface area contributed by atoms with Gasteiger partial charge in [-0.05, 0) is 27.7 Å². The van der Waals surface area contributed by atoms with Gasteiger partial charge in [-0.2, -0.15) is 0 Å². The summed E-state index contributed by atoms with van der Waals surface area (Å²) in [6, 6.07) is 0.576. The SMILES string of the molecule is COC(C)(C)C(=O)N1CCN(C[C@H]2CN(C(C)C)CCO2)CC1. The van der Waals surface area contributed by atoms with Crippen molar-refractivity contribution >= 4 is 5.91 Å². The molecule has 0 aromatic carbocycles. The van der Waals surface area contributed by atoms with Crippen LogP contribution in [0.1, 0.15) is 27.7 Å². The molecule has 6 heteroatoms. The van der Waals surface area contributed by atoms with Gasteiger partial charge in [0.25, 0.3) is 5.91 Å². The zero-order chi connectivity index (χ0) is 17.0. The molecular formula is C17H33N3O3. The Hall–Kier alpha value is -0.690. The number of carbonyl (C=O) groups excluding carboxylic acids is 1. The van der Waals surface area contributed by atoms with E-state index in [1.54, 1.807) is 7.11 Å². The van der Waals surface area contributed by atoms with Crippen molar-refractivity contribution in [2.24, 2.45) is 0 Å². The molecule has 2 aliphatic rings. The van der Waals surface area contributed by atoms with Crippen molar-refractivity contribution in [2.75, 3.05) is 59.5 Å². The quantitative estimate of drug-likeness (QED) is 0.742. The van der Waals surface area contributed by atoms with Crippen molar-refractivity contribution in [1.82, 2.24) is 14.7 Å². The van der Waals surface area contributed by atoms with Gasteiger partial charge in [-0.1, -0.05) is 0 Å². The lowest BCUT2D eigenvalue weighted by molar-refractivity contribution is -0.153. The minimum atomic E-state index is -0.730. The summed E-state index contributed by atoms with van der Waals surface area (Å²) in [5.41, 5.74) is -0.730. The van der Waals surface area contributed by atoms with Crippen LogP contribution < -0.4 is 0 Å². The van der Waals surface area contributed by atoms with Gasteiger partial charge < -0.3 is 14.4 Å². The van der Waals surface area contributed by atoms with Crippen LogP contribution in [0.25, 0.3) is 0 Å². The first-order chi connectivity index (χ1) is 10.8. The number of ether oxygens (including phenoxy) is 2. The Morgan fingerprint density at radius 1 is 1.22 bits per heavy atom. The third-order valence-electron chi connectivity index (χ3n) is 5.05. The van der Waals surface area contributed by atoms with E-state index >= 15 is 0 Å². The third-order valence-corrected chi connectivity index (χ3v) is 5.05. The minimum Gasteiger partial charge on any atom is -0.374 e. The molecule has 0 saturated carbocycles. The van der Waals surface area contributed by atoms with Gasteiger partial charge in [-0.3, -0.25) is 14.6 Å². The number of hydrogen-bond donors (Lipinski definition) is 0. The molecule has 23 heavy (non-hydrogen) atoms. The maximum absolute atomic E-state index is 12.4. The van der Waals surface area contributed by atoms with E-state index < -0.39 is 5.60 Å². The molecule has 0 unspecified atom stereocenters. The second-order valence-corrected chi connectivity index (χ2v) is 7.39. The lowest BCUT2D eigenvalue weighted by atomic mass is 10.1. The molecule has 2 saturated heterocycles. The van der Waals surface area contributed by atoms with Crippen LogP contribution in [0.15, 0.2) is 0 Å². The molecule has 134 valence electrons. The van der Waals surface area contributed by atoms with E-state index in [0.717, 1.165) is 52.4 Å². The first-order valence-corrected chi connectivity index (χ1v) is 8.76. The number of nitrogens with zero attached hydrogens (tertiary/aromatic N) is 3. The topological polar surface area (TPSA) is 45.2 Å². The lowest BCUT2D eigenvalue weighted by Crippen LogP contribution is -2.57. The van der Waals surface area contributed by atoms with E-state index in [4.69, 9.17) is 9.47 Å². The normalized spacial score (nSPS) is 25.1. The summed E-state index contributed by atoms with van der Waals surface area (Å²) in [5.74, 6) is 0.0829. The van der Waals surface area contributed by atoms with Crippen molar-refractivity contribution in [3.05, 3.63) is 0 Å². The van der Waals surface area contributed by atoms with E-state index in [1.165, 1.54) is 0 Å². The Bertz CT molecular complexity index is 393. The molecule has 6 nitrogen and oxygen atoms in total. The summed E-state index contributed by atoms with van der Waals surface area (Å²) in [6.07, 6.45) is 0.281. The van der Waals surface area contributed by atoms with Gasteiger partial charge in [-0.25, -0.2) is 0 Å². The van der Waals surface area contributed by atoms with Crippen LogP contribution >= 0.6 is 0 Å². The molecule has 1 amide bonds. The van der Waals surface area contributed by atoms with Crippen LogP contribution in [0.5, 0.6) is 0 Å². The van der Waals surface area contributed by atoms with Crippen molar-refractivity contribution < 1.29 is 14.3 Å². The van der Waals surface area contributed by atoms with Gasteiger partial charge in [0, 0.05) is 59.0 Å². The predicted molar refractivity (Wildman–Crippen MR) is 90.6 cm³/mol. The van der Waals surface area contributed by atoms with E-state index in [-0.39, 0.29) is 12.0 Å². The zero-order valence-electron chi connectivity index (χ0n) is 15.4. The third kappa shape index (κ3) is 4.89. The van der Waals surface area contributed by atoms with E-state index in [1.807, 2.05) is 18.7 Å². The Morgan fingerprint density at radius 3 is 2.43 bits per heavy atom. The Kier molecular flexibility index (Phi) is 6.42. The number of hydrogen-bond acceptors (Lipinski definition) is 5. The second kappa shape index (κ2) is 7.92. The average Bonchev–Trinajstić information content (AvgIpc) is 2.55. The first kappa shape index (κ1) is 18.6. The van der Waals surface area contributed by atoms with E-state index in [2.05, 4.69) is 23.6 Å². The molecule has 0 bridgehead atoms. The summed E-state index contributed by atoms with van der Waals surface area (Å²) >= 11 is 0. The fourth-order valence-corrected chi connectivity index (χ4v) is 3.21. The molecule has 2 heterocycles. The summed E-state index contributed by atoms with van der Waals surface area (Å²) < 4.78 is 11.2. The van der Waals surface area contributed by atoms with Gasteiger partial charge in [0.15, 0.2) is 0 Å². The minimum absolute atomic E-state index is 0.0829. The van der Waals surface area contributed by atoms with Gasteiger partial charge in [0.05, 0.1) is 12.7 Å². The molecule has 0 N–H and O–H groups in total. The van der Waals surface area contributed by atoms with Gasteiger partial charge in [0.1, 0.15) is 5.60 Å². The lowest BCUT2D eigenvalue weighted by Gasteiger charge is -2.41. The summed E-state index contributed by atoms with van der Waals surface area (Å²) in [7, 11) is 1.59. The highest BCUT2D eigenvalue weighted by Crippen LogP contribution is 2.16. The predicted octanol–water partition coefficient (Wildman–Crippen LogP) is 0.665. The molecule has 0 aromatic heterocycles. The number of methoxy groups -OCH3 is 1. The largest absolute Gasteiger partial charge is 0.374 e. The molecular weight excluding hydrogens is 294 g/mol. The number of morpholine rings is 1. The van der Waals surface area contributed by atoms with Crippen molar-refractivity contribution in [3.63, 3.8) is 0 Å². The molecule has 0 aromatic rings. The molecule has 1 atom stereocenters. The fraction of sp³-hybridized carbons (Fsp3) is 0.941. The van der Waals surface area contributed by atoms with Crippen LogP contribution in [0.3, 0.4) is 0 Å². The van der Waals surface area contributed by atoms with Gasteiger partial charge >= 0.3 is 0 Å². The summed E-state index contributed by atoms with van der Waals surface area (Å²) in [6.45, 7) is 15.3. The standard InChI is InChI=1S/C17H33N3O3/c1-14(2)20-10-11-23-15(13-20)12-18-6-8-19(9-7-18)16(21)17(3,4)22-5/h14-15H,6-13H2,1-5H3/t15-/m0/s1. The number of rotatable bonds is 5. The fourth-order valence-electron chi connectivity index (χ4n) is 3.21. The highest BCUT2D eigenvalue weighted by Gasteiger charge is 2.34. The first-order valence-electron chi connectivity index (χ1n) is 8.76. The number of amides is 1. The highest BCUT2D eigenvalue weighted by atomic mass is 16.5. The Morgan fingerprint density at radius 2 is 1.87 bits per heavy atom. The van der Waals surface area contributed by atoms with Crippen molar-refractivity contribution in [3.8, 4) is 0 Å². The summed E-state index contributed by atoms with van der Waals surface area (Å²) in [4.78, 5) is 19.2. The van der Waals surface area contributed by atoms with Crippen molar-refractivity contribution in [1.29, 1.82) is 0 Å². The Balaban J connectivity index is 1.78. The van der Waals surface area contributed by atoms with E-state index in [9.17, 15) is 4.79 Å². The molecule has 2 aliphatic heterocycles. The van der Waals surface area contributed by atoms with E-state index in [0.29, 0.717) is 6.04 Å². The van der Waals surface area contributed by atoms with Crippen LogP contribution in [-0.2, 0) is 14.3 Å². The average molecular weight is 327 g/mol.